The number of allylic oxidation sites excluding steroid dienone is 2. The quantitative estimate of drug-likeness (QED) is 0.378. The Labute approximate surface area is 152 Å². The maximum atomic E-state index is 5.42. The van der Waals surface area contributed by atoms with Crippen molar-refractivity contribution >= 4 is 23.5 Å². The zero-order valence-corrected chi connectivity index (χ0v) is 14.7. The van der Waals surface area contributed by atoms with E-state index in [2.05, 4.69) is 28.0 Å². The molecule has 2 saturated carbocycles. The highest BCUT2D eigenvalue weighted by atomic mass is 32.1. The van der Waals surface area contributed by atoms with Gasteiger partial charge in [-0.25, -0.2) is 0 Å². The lowest BCUT2D eigenvalue weighted by atomic mass is 9.79. The predicted molar refractivity (Wildman–Crippen MR) is 99.8 cm³/mol. The van der Waals surface area contributed by atoms with Gasteiger partial charge in [-0.1, -0.05) is 12.2 Å². The molecule has 5 atom stereocenters. The van der Waals surface area contributed by atoms with Crippen molar-refractivity contribution in [3.63, 3.8) is 0 Å². The Hall–Kier alpha value is -2.08. The maximum absolute atomic E-state index is 5.42. The van der Waals surface area contributed by atoms with Gasteiger partial charge in [-0.05, 0) is 78.9 Å². The van der Waals surface area contributed by atoms with Crippen LogP contribution in [-0.4, -0.2) is 24.2 Å². The van der Waals surface area contributed by atoms with E-state index in [1.165, 1.54) is 19.3 Å². The molecule has 0 radical (unpaired) electrons. The molecule has 4 aliphatic rings. The Kier molecular flexibility index (Phi) is 3.66. The molecule has 0 aromatic heterocycles. The standard InChI is InChI=1S/C19H21N3O2S/c25-19(21-16-8-12-7-15(16)14-3-1-2-13(12)14)22-20-9-11-4-5-17-18(6-11)24-10-23-17/h1,3-6,9,12-16H,2,7-8,10H2,(H2,21,22,25)/b20-9+. The maximum Gasteiger partial charge on any atom is 0.231 e. The lowest BCUT2D eigenvalue weighted by Gasteiger charge is -2.32. The summed E-state index contributed by atoms with van der Waals surface area (Å²) in [6.45, 7) is 0.281. The number of rotatable bonds is 3. The number of fused-ring (bicyclic) bond motifs is 6. The number of nitrogens with one attached hydrogen (secondary N) is 2. The van der Waals surface area contributed by atoms with Crippen LogP contribution in [0.4, 0.5) is 0 Å². The first-order valence-electron chi connectivity index (χ1n) is 8.94. The Morgan fingerprint density at radius 1 is 1.20 bits per heavy atom. The number of ether oxygens (including phenoxy) is 2. The summed E-state index contributed by atoms with van der Waals surface area (Å²) in [7, 11) is 0. The van der Waals surface area contributed by atoms with E-state index in [0.717, 1.165) is 40.7 Å². The van der Waals surface area contributed by atoms with Gasteiger partial charge in [0.15, 0.2) is 16.6 Å². The van der Waals surface area contributed by atoms with Gasteiger partial charge in [0.25, 0.3) is 0 Å². The first-order valence-corrected chi connectivity index (χ1v) is 9.34. The number of hydrazone groups is 1. The number of thiocarbonyl (C=S) groups is 1. The third-order valence-corrected chi connectivity index (χ3v) is 6.31. The van der Waals surface area contributed by atoms with Crippen LogP contribution in [0.2, 0.25) is 0 Å². The summed E-state index contributed by atoms with van der Waals surface area (Å²) in [5, 5.41) is 8.33. The summed E-state index contributed by atoms with van der Waals surface area (Å²) in [4.78, 5) is 0. The highest BCUT2D eigenvalue weighted by Gasteiger charge is 2.52. The first-order chi connectivity index (χ1) is 12.3. The van der Waals surface area contributed by atoms with E-state index in [0.29, 0.717) is 11.2 Å². The third-order valence-electron chi connectivity index (χ3n) is 6.10. The van der Waals surface area contributed by atoms with E-state index in [1.807, 2.05) is 18.2 Å². The normalized spacial score (nSPS) is 33.8. The average Bonchev–Trinajstić information content (AvgIpc) is 3.36. The first kappa shape index (κ1) is 15.2. The molecule has 1 heterocycles. The van der Waals surface area contributed by atoms with Crippen molar-refractivity contribution in [3.8, 4) is 11.5 Å². The summed E-state index contributed by atoms with van der Waals surface area (Å²) in [5.74, 6) is 4.78. The second kappa shape index (κ2) is 6.02. The van der Waals surface area contributed by atoms with Crippen molar-refractivity contribution in [2.75, 3.05) is 6.79 Å². The van der Waals surface area contributed by atoms with Gasteiger partial charge in [0.1, 0.15) is 0 Å². The van der Waals surface area contributed by atoms with Crippen molar-refractivity contribution in [1.29, 1.82) is 0 Å². The van der Waals surface area contributed by atoms with Crippen LogP contribution in [0.1, 0.15) is 24.8 Å². The van der Waals surface area contributed by atoms with Crippen molar-refractivity contribution in [2.45, 2.75) is 25.3 Å². The second-order valence-electron chi connectivity index (χ2n) is 7.36. The van der Waals surface area contributed by atoms with Crippen LogP contribution in [0.5, 0.6) is 11.5 Å². The number of nitrogens with zero attached hydrogens (tertiary/aromatic N) is 1. The minimum Gasteiger partial charge on any atom is -0.454 e. The number of hydrogen-bond acceptors (Lipinski definition) is 4. The van der Waals surface area contributed by atoms with Crippen LogP contribution in [0.3, 0.4) is 0 Å². The molecular formula is C19H21N3O2S. The summed E-state index contributed by atoms with van der Waals surface area (Å²) in [6, 6.07) is 6.22. The lowest BCUT2D eigenvalue weighted by Crippen LogP contribution is -2.45. The molecule has 1 aromatic carbocycles. The number of hydrogen-bond donors (Lipinski definition) is 2. The smallest absolute Gasteiger partial charge is 0.231 e. The molecule has 2 N–H and O–H groups in total. The Bertz CT molecular complexity index is 763. The Balaban J connectivity index is 1.16. The van der Waals surface area contributed by atoms with Crippen LogP contribution < -0.4 is 20.2 Å². The van der Waals surface area contributed by atoms with E-state index in [-0.39, 0.29) is 6.79 Å². The van der Waals surface area contributed by atoms with Gasteiger partial charge in [0, 0.05) is 6.04 Å². The fourth-order valence-corrected chi connectivity index (χ4v) is 5.28. The zero-order valence-electron chi connectivity index (χ0n) is 13.9. The molecule has 5 rings (SSSR count). The van der Waals surface area contributed by atoms with Crippen LogP contribution >= 0.6 is 12.2 Å². The van der Waals surface area contributed by atoms with E-state index >= 15 is 0 Å². The van der Waals surface area contributed by atoms with Crippen LogP contribution in [0, 0.1) is 23.7 Å². The van der Waals surface area contributed by atoms with Gasteiger partial charge in [-0.3, -0.25) is 5.43 Å². The molecule has 0 spiro atoms. The summed E-state index contributed by atoms with van der Waals surface area (Å²) >= 11 is 5.42. The molecule has 1 aromatic rings. The number of benzene rings is 1. The molecule has 130 valence electrons. The molecule has 2 fully saturated rings. The topological polar surface area (TPSA) is 54.9 Å². The summed E-state index contributed by atoms with van der Waals surface area (Å²) in [5.41, 5.74) is 3.89. The van der Waals surface area contributed by atoms with E-state index in [9.17, 15) is 0 Å². The van der Waals surface area contributed by atoms with Crippen molar-refractivity contribution in [1.82, 2.24) is 10.7 Å². The van der Waals surface area contributed by atoms with Crippen molar-refractivity contribution in [3.05, 3.63) is 35.9 Å². The highest BCUT2D eigenvalue weighted by molar-refractivity contribution is 7.80. The van der Waals surface area contributed by atoms with E-state index < -0.39 is 0 Å². The van der Waals surface area contributed by atoms with Crippen LogP contribution in [-0.2, 0) is 0 Å². The Morgan fingerprint density at radius 3 is 3.08 bits per heavy atom. The summed E-state index contributed by atoms with van der Waals surface area (Å²) in [6.07, 6.45) is 10.4. The fourth-order valence-electron chi connectivity index (χ4n) is 5.07. The average molecular weight is 355 g/mol. The monoisotopic (exact) mass is 355 g/mol. The Morgan fingerprint density at radius 2 is 2.12 bits per heavy atom. The SMILES string of the molecule is S=C(N/N=C/c1ccc2c(c1)OCO2)NC1CC2CC1C1C=CCC21. The van der Waals surface area contributed by atoms with E-state index in [1.54, 1.807) is 6.21 Å². The molecular weight excluding hydrogens is 334 g/mol. The van der Waals surface area contributed by atoms with E-state index in [4.69, 9.17) is 21.7 Å². The minimum absolute atomic E-state index is 0.281. The third kappa shape index (κ3) is 2.68. The van der Waals surface area contributed by atoms with Gasteiger partial charge in [0.2, 0.25) is 6.79 Å². The molecule has 1 aliphatic heterocycles. The molecule has 0 amide bonds. The van der Waals surface area contributed by atoms with Gasteiger partial charge in [0.05, 0.1) is 6.21 Å². The van der Waals surface area contributed by atoms with Gasteiger partial charge in [-0.15, -0.1) is 0 Å². The van der Waals surface area contributed by atoms with Crippen molar-refractivity contribution < 1.29 is 9.47 Å². The summed E-state index contributed by atoms with van der Waals surface area (Å²) < 4.78 is 10.7. The van der Waals surface area contributed by atoms with Gasteiger partial charge < -0.3 is 14.8 Å². The fraction of sp³-hybridized carbons (Fsp3) is 0.474. The predicted octanol–water partition coefficient (Wildman–Crippen LogP) is 2.81. The second-order valence-corrected chi connectivity index (χ2v) is 7.77. The molecule has 0 saturated heterocycles. The molecule has 3 aliphatic carbocycles. The largest absolute Gasteiger partial charge is 0.454 e. The molecule has 5 nitrogen and oxygen atoms in total. The van der Waals surface area contributed by atoms with Gasteiger partial charge in [-0.2, -0.15) is 5.10 Å². The molecule has 6 heteroatoms. The molecule has 25 heavy (non-hydrogen) atoms. The van der Waals surface area contributed by atoms with Crippen LogP contribution in [0.15, 0.2) is 35.5 Å². The lowest BCUT2D eigenvalue weighted by molar-refractivity contribution is 0.174. The zero-order chi connectivity index (χ0) is 16.8. The molecule has 2 bridgehead atoms. The molecule has 5 unspecified atom stereocenters. The highest BCUT2D eigenvalue weighted by Crippen LogP contribution is 2.56. The van der Waals surface area contributed by atoms with Crippen LogP contribution in [0.25, 0.3) is 0 Å². The van der Waals surface area contributed by atoms with Gasteiger partial charge >= 0.3 is 0 Å². The minimum atomic E-state index is 0.281. The van der Waals surface area contributed by atoms with Crippen molar-refractivity contribution in [2.24, 2.45) is 28.8 Å².